The van der Waals surface area contributed by atoms with E-state index in [1.54, 1.807) is 0 Å². The van der Waals surface area contributed by atoms with Crippen LogP contribution in [-0.4, -0.2) is 93.4 Å². The van der Waals surface area contributed by atoms with E-state index in [4.69, 9.17) is 17.5 Å². The maximum atomic E-state index is 11.8. The Morgan fingerprint density at radius 3 is 0.725 bits per heavy atom. The van der Waals surface area contributed by atoms with E-state index in [2.05, 4.69) is 56.1 Å². The number of unbranched alkanes of at least 4 members (excludes halogenated alkanes) is 24. The highest BCUT2D eigenvalue weighted by atomic mass is 32.3. The van der Waals surface area contributed by atoms with Crippen molar-refractivity contribution in [3.8, 4) is 0 Å². The molecule has 0 rings (SSSR count). The molecule has 0 aromatic rings. The number of hydrogen-bond donors (Lipinski definition) is 0. The van der Waals surface area contributed by atoms with Gasteiger partial charge in [0, 0.05) is 23.2 Å². The van der Waals surface area contributed by atoms with Gasteiger partial charge in [0.1, 0.15) is 11.6 Å². The lowest BCUT2D eigenvalue weighted by molar-refractivity contribution is -0.869. The fourth-order valence-corrected chi connectivity index (χ4v) is 5.85. The van der Waals surface area contributed by atoms with E-state index in [0.717, 1.165) is 60.6 Å². The Balaban J connectivity index is -0.000000796. The molecule has 0 aliphatic carbocycles. The Bertz CT molecular complexity index is 802. The van der Waals surface area contributed by atoms with Gasteiger partial charge in [0.25, 0.3) is 0 Å². The molecule has 0 heterocycles. The average molecular weight is 749 g/mol. The van der Waals surface area contributed by atoms with Gasteiger partial charge in [-0.05, 0) is 12.8 Å². The Morgan fingerprint density at radius 1 is 0.373 bits per heavy atom. The Kier molecular flexibility index (Phi) is 40.0. The van der Waals surface area contributed by atoms with E-state index < -0.39 is 10.4 Å². The SMILES string of the molecule is CCCCCCCCCCCCCCCC(=O)CC[N+](C)(C)C.CCCCCCCCCCCCCCCC(=O)CC[N+](C)(C)C.O=S(=O)([O-])[O-]. The van der Waals surface area contributed by atoms with Crippen molar-refractivity contribution in [2.45, 2.75) is 206 Å². The van der Waals surface area contributed by atoms with Crippen LogP contribution < -0.4 is 0 Å². The van der Waals surface area contributed by atoms with Gasteiger partial charge in [-0.2, -0.15) is 0 Å². The first-order valence-electron chi connectivity index (χ1n) is 21.2. The van der Waals surface area contributed by atoms with E-state index in [9.17, 15) is 9.59 Å². The van der Waals surface area contributed by atoms with Gasteiger partial charge in [-0.3, -0.25) is 18.0 Å². The summed E-state index contributed by atoms with van der Waals surface area (Å²) in [6.07, 6.45) is 38.7. The molecule has 0 bridgehead atoms. The highest BCUT2D eigenvalue weighted by Gasteiger charge is 2.11. The normalized spacial score (nSPS) is 11.8. The lowest BCUT2D eigenvalue weighted by Gasteiger charge is -2.23. The molecule has 308 valence electrons. The van der Waals surface area contributed by atoms with Gasteiger partial charge in [-0.1, -0.05) is 168 Å². The van der Waals surface area contributed by atoms with Crippen molar-refractivity contribution in [1.29, 1.82) is 0 Å². The summed E-state index contributed by atoms with van der Waals surface area (Å²) in [6, 6.07) is 0. The van der Waals surface area contributed by atoms with Gasteiger partial charge in [0.2, 0.25) is 0 Å². The van der Waals surface area contributed by atoms with Crippen LogP contribution in [0.2, 0.25) is 0 Å². The van der Waals surface area contributed by atoms with Crippen LogP contribution in [0, 0.1) is 0 Å². The molecule has 51 heavy (non-hydrogen) atoms. The molecule has 0 atom stereocenters. The van der Waals surface area contributed by atoms with Crippen LogP contribution >= 0.6 is 0 Å². The predicted octanol–water partition coefficient (Wildman–Crippen LogP) is 10.9. The number of rotatable bonds is 34. The molecular formula is C42H88N2O6S. The minimum absolute atomic E-state index is 0.459. The molecule has 0 amide bonds. The van der Waals surface area contributed by atoms with Crippen LogP contribution in [0.15, 0.2) is 0 Å². The van der Waals surface area contributed by atoms with Crippen LogP contribution in [0.4, 0.5) is 0 Å². The molecule has 0 radical (unpaired) electrons. The highest BCUT2D eigenvalue weighted by molar-refractivity contribution is 7.79. The average Bonchev–Trinajstić information content (AvgIpc) is 3.02. The van der Waals surface area contributed by atoms with Crippen molar-refractivity contribution >= 4 is 22.0 Å². The second-order valence-electron chi connectivity index (χ2n) is 17.0. The third kappa shape index (κ3) is 64.5. The summed E-state index contributed by atoms with van der Waals surface area (Å²) in [4.78, 5) is 23.6. The first-order valence-corrected chi connectivity index (χ1v) is 22.6. The molecule has 0 aromatic carbocycles. The molecule has 0 saturated carbocycles. The van der Waals surface area contributed by atoms with E-state index in [1.165, 1.54) is 154 Å². The summed E-state index contributed by atoms with van der Waals surface area (Å²) in [5.41, 5.74) is 0. The van der Waals surface area contributed by atoms with E-state index >= 15 is 0 Å². The topological polar surface area (TPSA) is 114 Å². The molecular weight excluding hydrogens is 661 g/mol. The van der Waals surface area contributed by atoms with Crippen LogP contribution in [0.3, 0.4) is 0 Å². The first-order chi connectivity index (χ1) is 23.9. The van der Waals surface area contributed by atoms with Gasteiger partial charge in [-0.15, -0.1) is 0 Å². The molecule has 9 heteroatoms. The molecule has 0 aromatic heterocycles. The van der Waals surface area contributed by atoms with Crippen molar-refractivity contribution < 1.29 is 36.1 Å². The maximum absolute atomic E-state index is 11.8. The second-order valence-corrected chi connectivity index (χ2v) is 17.8. The molecule has 0 fully saturated rings. The number of carbonyl (C=O) groups excluding carboxylic acids is 2. The molecule has 0 saturated heterocycles. The second kappa shape index (κ2) is 37.4. The fraction of sp³-hybridized carbons (Fsp3) is 0.952. The molecule has 8 nitrogen and oxygen atoms in total. The number of hydrogen-bond acceptors (Lipinski definition) is 6. The van der Waals surface area contributed by atoms with Gasteiger partial charge >= 0.3 is 0 Å². The third-order valence-electron chi connectivity index (χ3n) is 9.24. The van der Waals surface area contributed by atoms with Crippen molar-refractivity contribution in [3.05, 3.63) is 0 Å². The summed E-state index contributed by atoms with van der Waals surface area (Å²) in [5.74, 6) is 0.919. The lowest BCUT2D eigenvalue weighted by atomic mass is 10.0. The zero-order chi connectivity index (χ0) is 39.3. The summed E-state index contributed by atoms with van der Waals surface area (Å²) in [7, 11) is 7.74. The molecule has 0 spiro atoms. The number of nitrogens with zero attached hydrogens (tertiary/aromatic N) is 2. The number of quaternary nitrogens is 2. The number of Topliss-reactive ketones (excluding diaryl/α,β-unsaturated/α-hetero) is 2. The van der Waals surface area contributed by atoms with Crippen molar-refractivity contribution in [2.24, 2.45) is 0 Å². The van der Waals surface area contributed by atoms with Crippen LogP contribution in [-0.2, 0) is 20.0 Å². The third-order valence-corrected chi connectivity index (χ3v) is 9.24. The van der Waals surface area contributed by atoms with E-state index in [1.807, 2.05) is 0 Å². The summed E-state index contributed by atoms with van der Waals surface area (Å²) in [6.45, 7) is 6.50. The van der Waals surface area contributed by atoms with Crippen molar-refractivity contribution in [3.63, 3.8) is 0 Å². The lowest BCUT2D eigenvalue weighted by Crippen LogP contribution is -2.36. The maximum Gasteiger partial charge on any atom is 0.138 e. The molecule has 0 aliphatic rings. The zero-order valence-corrected chi connectivity index (χ0v) is 36.2. The Morgan fingerprint density at radius 2 is 0.549 bits per heavy atom. The largest absolute Gasteiger partial charge is 0.759 e. The minimum Gasteiger partial charge on any atom is -0.759 e. The standard InChI is InChI=1S/2C21H44NO.H2O4S/c2*1-5-6-7-8-9-10-11-12-13-14-15-16-17-18-21(23)19-20-22(2,3)4;1-5(2,3)4/h2*5-20H2,1-4H3;(H2,1,2,3,4)/q2*+1;/p-2. The van der Waals surface area contributed by atoms with Crippen molar-refractivity contribution in [1.82, 2.24) is 0 Å². The van der Waals surface area contributed by atoms with Gasteiger partial charge < -0.3 is 18.1 Å². The quantitative estimate of drug-likeness (QED) is 0.0280. The molecule has 0 N–H and O–H groups in total. The van der Waals surface area contributed by atoms with Crippen LogP contribution in [0.25, 0.3) is 0 Å². The van der Waals surface area contributed by atoms with Crippen molar-refractivity contribution in [2.75, 3.05) is 55.4 Å². The van der Waals surface area contributed by atoms with Gasteiger partial charge in [0.15, 0.2) is 0 Å². The number of ketones is 2. The van der Waals surface area contributed by atoms with E-state index in [-0.39, 0.29) is 0 Å². The van der Waals surface area contributed by atoms with Gasteiger partial charge in [-0.25, -0.2) is 0 Å². The minimum atomic E-state index is -5.17. The summed E-state index contributed by atoms with van der Waals surface area (Å²) in [5, 5.41) is 0. The monoisotopic (exact) mass is 749 g/mol. The number of carbonyl (C=O) groups is 2. The van der Waals surface area contributed by atoms with E-state index in [0.29, 0.717) is 11.6 Å². The first kappa shape index (κ1) is 54.5. The Labute approximate surface area is 319 Å². The van der Waals surface area contributed by atoms with Crippen LogP contribution in [0.1, 0.15) is 206 Å². The van der Waals surface area contributed by atoms with Crippen LogP contribution in [0.5, 0.6) is 0 Å². The predicted molar refractivity (Wildman–Crippen MR) is 216 cm³/mol. The highest BCUT2D eigenvalue weighted by Crippen LogP contribution is 2.15. The fourth-order valence-electron chi connectivity index (χ4n) is 5.85. The summed E-state index contributed by atoms with van der Waals surface area (Å²) < 4.78 is 35.9. The zero-order valence-electron chi connectivity index (χ0n) is 35.4. The molecule has 0 unspecified atom stereocenters. The Hall–Kier alpha value is -0.870. The van der Waals surface area contributed by atoms with Gasteiger partial charge in [0.05, 0.1) is 68.2 Å². The smallest absolute Gasteiger partial charge is 0.138 e. The summed E-state index contributed by atoms with van der Waals surface area (Å²) >= 11 is 0. The molecule has 0 aliphatic heterocycles.